The molecule has 0 radical (unpaired) electrons. The first-order valence-electron chi connectivity index (χ1n) is 27.1. The number of methoxy groups -OCH3 is 2. The lowest BCUT2D eigenvalue weighted by Crippen LogP contribution is -2.40. The maximum Gasteiger partial charge on any atom is 0.337 e. The third kappa shape index (κ3) is 24.9. The van der Waals surface area contributed by atoms with Gasteiger partial charge in [0.15, 0.2) is 0 Å². The van der Waals surface area contributed by atoms with E-state index in [1.165, 1.54) is 31.9 Å². The highest BCUT2D eigenvalue weighted by Gasteiger charge is 2.27. The number of nitrogens with one attached hydrogen (secondary N) is 3. The fraction of sp³-hybridized carbons (Fsp3) is 0.354. The van der Waals surface area contributed by atoms with E-state index in [1.807, 2.05) is 97.0 Å². The van der Waals surface area contributed by atoms with Gasteiger partial charge < -0.3 is 45.1 Å². The Balaban J connectivity index is 0.000000310. The number of ether oxygens (including phenoxy) is 4. The standard InChI is InChI=1S/C22H26ClNO4.C21H24ClNO4.C15H21NO4.C7H6BrCl/c1-14(2)20(28-13-16-5-11-19(23)12-6-16)21(25)24-15(3)17-7-9-18(10-8-17)22(26)27-4;1-13(2)19(27-12-15-4-10-18(22)11-5-15)20(24)23-14(3)16-6-8-17(9-7-16)21(25)26;1-9(2)13(17)14(18)16-10(3)11-5-7-12(8-6-11)15(19)20-4;8-5-6-1-3-7(9)4-2-6/h5-12,14-15,20H,13H2,1-4H3,(H,24,25);4-11,13-14,19H,12H2,1-3H3,(H,23,24)(H,25,26);5-10,13,17H,1-4H3,(H,16,18);1-4H,5H2/t15-,20+;14-,19+;10-,13+;/m000./s1. The first-order chi connectivity index (χ1) is 39.8. The number of rotatable bonds is 22. The Hall–Kier alpha value is -6.63. The number of aromatic carboxylic acids is 1. The van der Waals surface area contributed by atoms with Crippen LogP contribution in [0.5, 0.6) is 0 Å². The molecule has 5 N–H and O–H groups in total. The molecule has 0 bridgehead atoms. The monoisotopic (exact) mass is 1280 g/mol. The second kappa shape index (κ2) is 36.9. The van der Waals surface area contributed by atoms with Gasteiger partial charge in [-0.25, -0.2) is 14.4 Å². The summed E-state index contributed by atoms with van der Waals surface area (Å²) in [5.41, 5.74) is 6.84. The lowest BCUT2D eigenvalue weighted by molar-refractivity contribution is -0.138. The van der Waals surface area contributed by atoms with Crippen molar-refractivity contribution >= 4 is 86.4 Å². The number of aliphatic hydroxyl groups is 1. The third-order valence-electron chi connectivity index (χ3n) is 12.8. The number of carboxylic acids is 1. The molecule has 0 aliphatic carbocycles. The van der Waals surface area contributed by atoms with E-state index in [-0.39, 0.29) is 53.3 Å². The highest BCUT2D eigenvalue weighted by molar-refractivity contribution is 9.08. The molecule has 3 amide bonds. The number of carboxylic acid groups (broad SMARTS) is 1. The van der Waals surface area contributed by atoms with Gasteiger partial charge in [-0.2, -0.15) is 0 Å². The van der Waals surface area contributed by atoms with E-state index in [9.17, 15) is 33.9 Å². The summed E-state index contributed by atoms with van der Waals surface area (Å²) in [4.78, 5) is 70.9. The summed E-state index contributed by atoms with van der Waals surface area (Å²) < 4.78 is 21.0. The number of esters is 2. The third-order valence-corrected chi connectivity index (χ3v) is 14.2. The zero-order valence-corrected chi connectivity index (χ0v) is 53.0. The van der Waals surface area contributed by atoms with Crippen LogP contribution in [0.1, 0.15) is 145 Å². The second-order valence-electron chi connectivity index (χ2n) is 20.5. The highest BCUT2D eigenvalue weighted by Crippen LogP contribution is 2.21. The van der Waals surface area contributed by atoms with Gasteiger partial charge in [0.25, 0.3) is 0 Å². The largest absolute Gasteiger partial charge is 0.478 e. The van der Waals surface area contributed by atoms with E-state index < -0.39 is 42.1 Å². The normalized spacial score (nSPS) is 12.9. The van der Waals surface area contributed by atoms with Gasteiger partial charge in [0.2, 0.25) is 17.7 Å². The Kier molecular flexibility index (Phi) is 31.5. The molecular weight excluding hydrogens is 1200 g/mol. The molecule has 19 heteroatoms. The number of amides is 3. The predicted octanol–water partition coefficient (Wildman–Crippen LogP) is 13.9. The van der Waals surface area contributed by atoms with Crippen molar-refractivity contribution in [1.82, 2.24) is 16.0 Å². The van der Waals surface area contributed by atoms with Crippen LogP contribution in [0.25, 0.3) is 0 Å². The van der Waals surface area contributed by atoms with Gasteiger partial charge in [-0.05, 0) is 145 Å². The quantitative estimate of drug-likeness (QED) is 0.0317. The van der Waals surface area contributed by atoms with Crippen molar-refractivity contribution in [2.45, 2.75) is 117 Å². The van der Waals surface area contributed by atoms with E-state index >= 15 is 0 Å². The molecule has 84 heavy (non-hydrogen) atoms. The van der Waals surface area contributed by atoms with Gasteiger partial charge in [-0.15, -0.1) is 0 Å². The van der Waals surface area contributed by atoms with Gasteiger partial charge in [0, 0.05) is 20.4 Å². The number of hydrogen-bond acceptors (Lipinski definition) is 11. The molecule has 0 aliphatic rings. The predicted molar refractivity (Wildman–Crippen MR) is 333 cm³/mol. The van der Waals surface area contributed by atoms with Crippen LogP contribution in [0.3, 0.4) is 0 Å². The minimum Gasteiger partial charge on any atom is -0.478 e. The minimum atomic E-state index is -1.02. The van der Waals surface area contributed by atoms with E-state index in [1.54, 1.807) is 98.8 Å². The number of alkyl halides is 1. The Bertz CT molecular complexity index is 2980. The van der Waals surface area contributed by atoms with Crippen molar-refractivity contribution in [2.75, 3.05) is 14.2 Å². The summed E-state index contributed by atoms with van der Waals surface area (Å²) in [6, 6.07) is 41.9. The Morgan fingerprint density at radius 1 is 0.429 bits per heavy atom. The first-order valence-corrected chi connectivity index (χ1v) is 29.4. The number of carbonyl (C=O) groups excluding carboxylic acids is 5. The van der Waals surface area contributed by atoms with Crippen molar-refractivity contribution < 1.29 is 57.9 Å². The molecule has 0 saturated heterocycles. The maximum atomic E-state index is 12.7. The first kappa shape index (κ1) is 71.6. The van der Waals surface area contributed by atoms with Crippen LogP contribution in [0.15, 0.2) is 146 Å². The summed E-state index contributed by atoms with van der Waals surface area (Å²) >= 11 is 20.8. The lowest BCUT2D eigenvalue weighted by atomic mass is 10.0. The number of hydrogen-bond donors (Lipinski definition) is 5. The zero-order chi connectivity index (χ0) is 62.6. The van der Waals surface area contributed by atoms with Gasteiger partial charge in [-0.1, -0.05) is 165 Å². The Morgan fingerprint density at radius 2 is 0.714 bits per heavy atom. The average Bonchev–Trinajstić information content (AvgIpc) is 3.53. The molecule has 0 aliphatic heterocycles. The summed E-state index contributed by atoms with van der Waals surface area (Å²) in [7, 11) is 2.67. The van der Waals surface area contributed by atoms with E-state index in [0.29, 0.717) is 34.4 Å². The smallest absolute Gasteiger partial charge is 0.337 e. The van der Waals surface area contributed by atoms with Gasteiger partial charge in [0.05, 0.1) is 62.2 Å². The van der Waals surface area contributed by atoms with Crippen molar-refractivity contribution in [3.63, 3.8) is 0 Å². The molecule has 0 saturated carbocycles. The van der Waals surface area contributed by atoms with E-state index in [4.69, 9.17) is 54.1 Å². The lowest BCUT2D eigenvalue weighted by Gasteiger charge is -2.23. The minimum absolute atomic E-state index is 0.00103. The molecule has 6 aromatic rings. The fourth-order valence-corrected chi connectivity index (χ4v) is 8.41. The van der Waals surface area contributed by atoms with Crippen LogP contribution < -0.4 is 16.0 Å². The number of halogens is 4. The topological polar surface area (TPSA) is 216 Å². The summed E-state index contributed by atoms with van der Waals surface area (Å²) in [6.07, 6.45) is -2.19. The molecular formula is C65H77BrCl3N3O12. The number of benzene rings is 6. The van der Waals surface area contributed by atoms with Crippen molar-refractivity contribution in [3.8, 4) is 0 Å². The fourth-order valence-electron chi connectivity index (χ4n) is 7.66. The molecule has 452 valence electrons. The molecule has 0 aromatic heterocycles. The summed E-state index contributed by atoms with van der Waals surface area (Å²) in [6.45, 7) is 17.5. The van der Waals surface area contributed by atoms with E-state index in [0.717, 1.165) is 38.2 Å². The molecule has 0 fully saturated rings. The highest BCUT2D eigenvalue weighted by atomic mass is 79.9. The van der Waals surface area contributed by atoms with Crippen molar-refractivity contribution in [1.29, 1.82) is 0 Å². The molecule has 0 heterocycles. The molecule has 6 atom stereocenters. The van der Waals surface area contributed by atoms with Gasteiger partial charge >= 0.3 is 17.9 Å². The van der Waals surface area contributed by atoms with Crippen LogP contribution in [0, 0.1) is 17.8 Å². The number of aliphatic hydroxyl groups excluding tert-OH is 1. The van der Waals surface area contributed by atoms with Crippen LogP contribution in [-0.2, 0) is 51.9 Å². The molecule has 15 nitrogen and oxygen atoms in total. The summed E-state index contributed by atoms with van der Waals surface area (Å²) in [5.74, 6) is -2.66. The van der Waals surface area contributed by atoms with Crippen LogP contribution in [0.2, 0.25) is 15.1 Å². The molecule has 6 rings (SSSR count). The van der Waals surface area contributed by atoms with Crippen LogP contribution in [-0.4, -0.2) is 78.4 Å². The Labute approximate surface area is 517 Å². The van der Waals surface area contributed by atoms with Crippen molar-refractivity contribution in [3.05, 3.63) is 211 Å². The molecule has 0 spiro atoms. The van der Waals surface area contributed by atoms with Crippen LogP contribution in [0.4, 0.5) is 0 Å². The molecule has 0 unspecified atom stereocenters. The van der Waals surface area contributed by atoms with Crippen molar-refractivity contribution in [2.24, 2.45) is 17.8 Å². The van der Waals surface area contributed by atoms with Gasteiger partial charge in [-0.3, -0.25) is 14.4 Å². The zero-order valence-electron chi connectivity index (χ0n) is 49.2. The van der Waals surface area contributed by atoms with Crippen LogP contribution >= 0.6 is 50.7 Å². The molecule has 6 aromatic carbocycles. The van der Waals surface area contributed by atoms with Gasteiger partial charge in [0.1, 0.15) is 18.3 Å². The SMILES string of the molecule is CC(C)[C@@H](OCc1ccc(Cl)cc1)C(=O)N[C@@H](C)c1ccc(C(=O)O)cc1.COC(=O)c1ccc([C@H](C)NC(=O)[C@H](O)C(C)C)cc1.COC(=O)c1ccc([C@H](C)NC(=O)[C@H](OCc2ccc(Cl)cc2)C(C)C)cc1.Clc1ccc(CBr)cc1. The number of carbonyl (C=O) groups is 6. The summed E-state index contributed by atoms with van der Waals surface area (Å²) in [5, 5.41) is 30.3. The maximum absolute atomic E-state index is 12.7. The second-order valence-corrected chi connectivity index (χ2v) is 22.4. The Morgan fingerprint density at radius 3 is 0.976 bits per heavy atom. The average molecular weight is 1280 g/mol. The van der Waals surface area contributed by atoms with E-state index in [2.05, 4.69) is 36.6 Å².